The van der Waals surface area contributed by atoms with Gasteiger partial charge in [-0.2, -0.15) is 10.1 Å². The Morgan fingerprint density at radius 2 is 1.90 bits per heavy atom. The number of hydrogen-bond donors (Lipinski definition) is 1. The van der Waals surface area contributed by atoms with Gasteiger partial charge in [-0.15, -0.1) is 0 Å². The molecule has 0 saturated carbocycles. The van der Waals surface area contributed by atoms with Gasteiger partial charge in [-0.3, -0.25) is 4.79 Å². The Balaban J connectivity index is 1.45. The van der Waals surface area contributed by atoms with E-state index in [4.69, 9.17) is 9.47 Å². The zero-order valence-corrected chi connectivity index (χ0v) is 16.7. The molecule has 0 saturated heterocycles. The lowest BCUT2D eigenvalue weighted by Gasteiger charge is -2.10. The number of amides is 1. The Bertz CT molecular complexity index is 1210. The van der Waals surface area contributed by atoms with Gasteiger partial charge in [0.25, 0.3) is 5.91 Å². The van der Waals surface area contributed by atoms with E-state index in [-0.39, 0.29) is 11.3 Å². The summed E-state index contributed by atoms with van der Waals surface area (Å²) in [6, 6.07) is 14.2. The highest BCUT2D eigenvalue weighted by Gasteiger charge is 2.11. The van der Waals surface area contributed by atoms with Gasteiger partial charge in [0.05, 0.1) is 7.11 Å². The Kier molecular flexibility index (Phi) is 5.57. The van der Waals surface area contributed by atoms with Crippen LogP contribution < -0.4 is 14.8 Å². The number of anilines is 1. The van der Waals surface area contributed by atoms with Crippen LogP contribution in [0.1, 0.15) is 16.2 Å². The fourth-order valence-corrected chi connectivity index (χ4v) is 2.84. The Morgan fingerprint density at radius 3 is 2.58 bits per heavy atom. The molecule has 9 heteroatoms. The summed E-state index contributed by atoms with van der Waals surface area (Å²) in [5, 5.41) is 6.87. The number of rotatable bonds is 6. The van der Waals surface area contributed by atoms with Gasteiger partial charge in [0.2, 0.25) is 5.88 Å². The number of benzene rings is 2. The van der Waals surface area contributed by atoms with Crippen molar-refractivity contribution in [3.05, 3.63) is 84.2 Å². The fourth-order valence-electron chi connectivity index (χ4n) is 2.84. The molecule has 0 aliphatic rings. The number of halogens is 1. The fraction of sp³-hybridized carbons (Fsp3) is 0.0909. The van der Waals surface area contributed by atoms with Crippen LogP contribution in [-0.2, 0) is 0 Å². The lowest BCUT2D eigenvalue weighted by Crippen LogP contribution is -2.12. The molecule has 31 heavy (non-hydrogen) atoms. The summed E-state index contributed by atoms with van der Waals surface area (Å²) in [6.45, 7) is 1.76. The SMILES string of the molecule is COc1ccc(C(=O)Nc2ccc(Oc3cc(-n4cccn4)nc(C)n3)cc2)cc1F. The molecule has 1 amide bonds. The van der Waals surface area contributed by atoms with Crippen LogP contribution in [0.15, 0.2) is 67.0 Å². The summed E-state index contributed by atoms with van der Waals surface area (Å²) in [4.78, 5) is 21.0. The van der Waals surface area contributed by atoms with Crippen molar-refractivity contribution in [2.24, 2.45) is 0 Å². The molecule has 2 aromatic carbocycles. The third kappa shape index (κ3) is 4.67. The average Bonchev–Trinajstić information content (AvgIpc) is 3.30. The maximum absolute atomic E-state index is 13.8. The number of nitrogens with zero attached hydrogens (tertiary/aromatic N) is 4. The molecule has 0 bridgehead atoms. The normalized spacial score (nSPS) is 10.5. The van der Waals surface area contributed by atoms with Gasteiger partial charge in [-0.25, -0.2) is 14.1 Å². The number of aryl methyl sites for hydroxylation is 1. The van der Waals surface area contributed by atoms with E-state index in [1.54, 1.807) is 60.4 Å². The zero-order valence-electron chi connectivity index (χ0n) is 16.7. The lowest BCUT2D eigenvalue weighted by molar-refractivity contribution is 0.102. The molecule has 0 radical (unpaired) electrons. The smallest absolute Gasteiger partial charge is 0.255 e. The van der Waals surface area contributed by atoms with Gasteiger partial charge in [0.15, 0.2) is 17.4 Å². The third-order valence-corrected chi connectivity index (χ3v) is 4.29. The first-order valence-corrected chi connectivity index (χ1v) is 9.30. The molecule has 1 N–H and O–H groups in total. The molecule has 8 nitrogen and oxygen atoms in total. The van der Waals surface area contributed by atoms with Crippen LogP contribution in [0.5, 0.6) is 17.4 Å². The van der Waals surface area contributed by atoms with Crippen molar-refractivity contribution in [3.8, 4) is 23.2 Å². The second-order valence-corrected chi connectivity index (χ2v) is 6.49. The number of methoxy groups -OCH3 is 1. The van der Waals surface area contributed by atoms with E-state index in [1.165, 1.54) is 19.2 Å². The number of aromatic nitrogens is 4. The number of ether oxygens (including phenoxy) is 2. The van der Waals surface area contributed by atoms with E-state index in [9.17, 15) is 9.18 Å². The van der Waals surface area contributed by atoms with Crippen molar-refractivity contribution in [1.29, 1.82) is 0 Å². The van der Waals surface area contributed by atoms with Crippen LogP contribution in [0, 0.1) is 12.7 Å². The molecular formula is C22H18FN5O3. The molecule has 4 rings (SSSR count). The number of nitrogens with one attached hydrogen (secondary N) is 1. The van der Waals surface area contributed by atoms with Crippen molar-refractivity contribution in [2.45, 2.75) is 6.92 Å². The highest BCUT2D eigenvalue weighted by atomic mass is 19.1. The first kappa shape index (κ1) is 20.0. The maximum atomic E-state index is 13.8. The highest BCUT2D eigenvalue weighted by molar-refractivity contribution is 6.04. The molecule has 2 aromatic heterocycles. The van der Waals surface area contributed by atoms with Crippen LogP contribution >= 0.6 is 0 Å². The quantitative estimate of drug-likeness (QED) is 0.505. The van der Waals surface area contributed by atoms with Crippen molar-refractivity contribution in [1.82, 2.24) is 19.7 Å². The van der Waals surface area contributed by atoms with Gasteiger partial charge in [-0.05, 0) is 55.5 Å². The predicted octanol–water partition coefficient (Wildman–Crippen LogP) is 4.16. The van der Waals surface area contributed by atoms with Gasteiger partial charge in [-0.1, -0.05) is 0 Å². The second kappa shape index (κ2) is 8.62. The number of carbonyl (C=O) groups excluding carboxylic acids is 1. The maximum Gasteiger partial charge on any atom is 0.255 e. The Hall–Kier alpha value is -4.27. The van der Waals surface area contributed by atoms with Crippen LogP contribution in [0.2, 0.25) is 0 Å². The zero-order chi connectivity index (χ0) is 21.8. The largest absolute Gasteiger partial charge is 0.494 e. The van der Waals surface area contributed by atoms with Crippen LogP contribution in [0.3, 0.4) is 0 Å². The summed E-state index contributed by atoms with van der Waals surface area (Å²) in [7, 11) is 1.36. The molecule has 0 fully saturated rings. The predicted molar refractivity (Wildman–Crippen MR) is 111 cm³/mol. The van der Waals surface area contributed by atoms with E-state index in [1.807, 2.05) is 0 Å². The van der Waals surface area contributed by atoms with E-state index in [0.29, 0.717) is 29.0 Å². The van der Waals surface area contributed by atoms with E-state index in [0.717, 1.165) is 6.07 Å². The minimum absolute atomic E-state index is 0.0775. The molecule has 0 spiro atoms. The average molecular weight is 419 g/mol. The molecule has 4 aromatic rings. The molecule has 0 unspecified atom stereocenters. The van der Waals surface area contributed by atoms with Gasteiger partial charge in [0.1, 0.15) is 11.6 Å². The minimum Gasteiger partial charge on any atom is -0.494 e. The summed E-state index contributed by atoms with van der Waals surface area (Å²) < 4.78 is 26.1. The van der Waals surface area contributed by atoms with Crippen LogP contribution in [0.25, 0.3) is 5.82 Å². The topological polar surface area (TPSA) is 91.2 Å². The Morgan fingerprint density at radius 1 is 1.10 bits per heavy atom. The summed E-state index contributed by atoms with van der Waals surface area (Å²) >= 11 is 0. The second-order valence-electron chi connectivity index (χ2n) is 6.49. The van der Waals surface area contributed by atoms with Crippen molar-refractivity contribution in [2.75, 3.05) is 12.4 Å². The van der Waals surface area contributed by atoms with E-state index in [2.05, 4.69) is 20.4 Å². The standard InChI is InChI=1S/C22H18FN5O3/c1-14-25-20(28-11-3-10-24-28)13-21(26-14)31-17-7-5-16(6-8-17)27-22(29)15-4-9-19(30-2)18(23)12-15/h3-13H,1-2H3,(H,27,29). The summed E-state index contributed by atoms with van der Waals surface area (Å²) in [6.07, 6.45) is 3.43. The molecule has 0 aliphatic carbocycles. The van der Waals surface area contributed by atoms with Gasteiger partial charge in [0, 0.05) is 29.7 Å². The minimum atomic E-state index is -0.603. The van der Waals surface area contributed by atoms with Crippen LogP contribution in [-0.4, -0.2) is 32.8 Å². The molecule has 156 valence electrons. The summed E-state index contributed by atoms with van der Waals surface area (Å²) in [5.41, 5.74) is 0.714. The highest BCUT2D eigenvalue weighted by Crippen LogP contribution is 2.24. The van der Waals surface area contributed by atoms with E-state index >= 15 is 0 Å². The molecule has 0 aliphatic heterocycles. The van der Waals surface area contributed by atoms with Crippen molar-refractivity contribution < 1.29 is 18.7 Å². The lowest BCUT2D eigenvalue weighted by atomic mass is 10.2. The molecular weight excluding hydrogens is 401 g/mol. The monoisotopic (exact) mass is 419 g/mol. The van der Waals surface area contributed by atoms with Gasteiger partial charge < -0.3 is 14.8 Å². The Labute approximate surface area is 177 Å². The molecule has 0 atom stereocenters. The van der Waals surface area contributed by atoms with Gasteiger partial charge >= 0.3 is 0 Å². The van der Waals surface area contributed by atoms with Crippen LogP contribution in [0.4, 0.5) is 10.1 Å². The van der Waals surface area contributed by atoms with E-state index < -0.39 is 11.7 Å². The first-order chi connectivity index (χ1) is 15.0. The third-order valence-electron chi connectivity index (χ3n) is 4.29. The summed E-state index contributed by atoms with van der Waals surface area (Å²) in [5.74, 6) is 1.05. The first-order valence-electron chi connectivity index (χ1n) is 9.30. The number of carbonyl (C=O) groups is 1. The van der Waals surface area contributed by atoms with Crippen molar-refractivity contribution >= 4 is 11.6 Å². The number of hydrogen-bond acceptors (Lipinski definition) is 6. The molecule has 2 heterocycles. The van der Waals surface area contributed by atoms with Crippen molar-refractivity contribution in [3.63, 3.8) is 0 Å².